The highest BCUT2D eigenvalue weighted by Gasteiger charge is 2.54. The molecule has 1 aromatic rings. The number of likely N-dealkylation sites (tertiary alicyclic amines) is 1. The van der Waals surface area contributed by atoms with Gasteiger partial charge in [-0.25, -0.2) is 0 Å². The Kier molecular flexibility index (Phi) is 3.34. The number of nitrogens with zero attached hydrogens (tertiary/aromatic N) is 1. The van der Waals surface area contributed by atoms with Crippen molar-refractivity contribution >= 4 is 11.8 Å². The smallest absolute Gasteiger partial charge is 0.236 e. The molecule has 4 heteroatoms. The Balaban J connectivity index is 1.92. The summed E-state index contributed by atoms with van der Waals surface area (Å²) in [5, 5.41) is 0. The molecule has 1 saturated carbocycles. The molecule has 0 bridgehead atoms. The number of nitrogens with two attached hydrogens (primary N) is 1. The van der Waals surface area contributed by atoms with Gasteiger partial charge in [0.15, 0.2) is 0 Å². The van der Waals surface area contributed by atoms with Crippen LogP contribution in [0.25, 0.3) is 0 Å². The zero-order valence-corrected chi connectivity index (χ0v) is 11.5. The predicted molar refractivity (Wildman–Crippen MR) is 75.6 cm³/mol. The Hall–Kier alpha value is -1.68. The van der Waals surface area contributed by atoms with Crippen LogP contribution < -0.4 is 5.73 Å². The molecule has 2 amide bonds. The van der Waals surface area contributed by atoms with Crippen molar-refractivity contribution in [1.82, 2.24) is 4.90 Å². The van der Waals surface area contributed by atoms with E-state index in [-0.39, 0.29) is 24.4 Å². The topological polar surface area (TPSA) is 63.4 Å². The number of carbonyl (C=O) groups is 2. The van der Waals surface area contributed by atoms with E-state index in [0.717, 1.165) is 31.2 Å². The van der Waals surface area contributed by atoms with Crippen LogP contribution in [0.5, 0.6) is 0 Å². The first-order valence-corrected chi connectivity index (χ1v) is 7.29. The Morgan fingerprint density at radius 3 is 2.40 bits per heavy atom. The SMILES string of the molecule is NCC(c1ccccc1)N1C(=O)CC2(CCCC2)C1=O. The monoisotopic (exact) mass is 272 g/mol. The van der Waals surface area contributed by atoms with E-state index in [9.17, 15) is 9.59 Å². The molecule has 106 valence electrons. The van der Waals surface area contributed by atoms with Gasteiger partial charge in [-0.05, 0) is 18.4 Å². The largest absolute Gasteiger partial charge is 0.328 e. The van der Waals surface area contributed by atoms with E-state index in [1.165, 1.54) is 4.90 Å². The molecule has 2 aliphatic rings. The fourth-order valence-corrected chi connectivity index (χ4v) is 3.64. The van der Waals surface area contributed by atoms with Crippen molar-refractivity contribution in [3.8, 4) is 0 Å². The van der Waals surface area contributed by atoms with Gasteiger partial charge in [-0.15, -0.1) is 0 Å². The van der Waals surface area contributed by atoms with Gasteiger partial charge in [0.1, 0.15) is 0 Å². The van der Waals surface area contributed by atoms with Crippen molar-refractivity contribution in [3.63, 3.8) is 0 Å². The van der Waals surface area contributed by atoms with Crippen molar-refractivity contribution in [2.75, 3.05) is 6.54 Å². The maximum absolute atomic E-state index is 12.8. The van der Waals surface area contributed by atoms with Crippen LogP contribution in [-0.4, -0.2) is 23.3 Å². The molecule has 2 N–H and O–H groups in total. The molecule has 0 radical (unpaired) electrons. The van der Waals surface area contributed by atoms with E-state index >= 15 is 0 Å². The average molecular weight is 272 g/mol. The van der Waals surface area contributed by atoms with Gasteiger partial charge in [0.05, 0.1) is 11.5 Å². The summed E-state index contributed by atoms with van der Waals surface area (Å²) < 4.78 is 0. The number of amides is 2. The third kappa shape index (κ3) is 1.95. The van der Waals surface area contributed by atoms with Crippen molar-refractivity contribution < 1.29 is 9.59 Å². The number of benzene rings is 1. The normalized spacial score (nSPS) is 22.8. The number of hydrogen-bond donors (Lipinski definition) is 1. The lowest BCUT2D eigenvalue weighted by molar-refractivity contribution is -0.144. The lowest BCUT2D eigenvalue weighted by atomic mass is 9.84. The molecule has 1 saturated heterocycles. The molecular weight excluding hydrogens is 252 g/mol. The first-order chi connectivity index (χ1) is 9.68. The quantitative estimate of drug-likeness (QED) is 0.856. The third-order valence-electron chi connectivity index (χ3n) is 4.71. The number of rotatable bonds is 3. The van der Waals surface area contributed by atoms with E-state index in [1.54, 1.807) is 0 Å². The van der Waals surface area contributed by atoms with Crippen molar-refractivity contribution in [2.45, 2.75) is 38.1 Å². The molecule has 1 aliphatic heterocycles. The molecule has 1 heterocycles. The van der Waals surface area contributed by atoms with Crippen molar-refractivity contribution in [1.29, 1.82) is 0 Å². The Labute approximate surface area is 118 Å². The van der Waals surface area contributed by atoms with Crippen LogP contribution in [0.2, 0.25) is 0 Å². The second-order valence-corrected chi connectivity index (χ2v) is 5.90. The Bertz CT molecular complexity index is 521. The lowest BCUT2D eigenvalue weighted by Crippen LogP contribution is -2.40. The number of carbonyl (C=O) groups excluding carboxylic acids is 2. The molecule has 1 spiro atoms. The highest BCUT2D eigenvalue weighted by atomic mass is 16.2. The summed E-state index contributed by atoms with van der Waals surface area (Å²) in [5.41, 5.74) is 6.37. The van der Waals surface area contributed by atoms with Gasteiger partial charge in [-0.3, -0.25) is 14.5 Å². The zero-order chi connectivity index (χ0) is 14.2. The van der Waals surface area contributed by atoms with E-state index in [1.807, 2.05) is 30.3 Å². The molecule has 0 aromatic heterocycles. The Morgan fingerprint density at radius 2 is 1.80 bits per heavy atom. The van der Waals surface area contributed by atoms with Gasteiger partial charge in [-0.1, -0.05) is 43.2 Å². The summed E-state index contributed by atoms with van der Waals surface area (Å²) in [4.78, 5) is 26.6. The highest BCUT2D eigenvalue weighted by molar-refractivity contribution is 6.06. The van der Waals surface area contributed by atoms with Crippen LogP contribution in [-0.2, 0) is 9.59 Å². The van der Waals surface area contributed by atoms with Gasteiger partial charge in [0, 0.05) is 13.0 Å². The maximum atomic E-state index is 12.8. The molecule has 1 aromatic carbocycles. The van der Waals surface area contributed by atoms with Crippen molar-refractivity contribution in [2.24, 2.45) is 11.1 Å². The highest BCUT2D eigenvalue weighted by Crippen LogP contribution is 2.48. The zero-order valence-electron chi connectivity index (χ0n) is 11.5. The molecule has 3 rings (SSSR count). The Morgan fingerprint density at radius 1 is 1.15 bits per heavy atom. The lowest BCUT2D eigenvalue weighted by Gasteiger charge is -2.28. The molecule has 2 fully saturated rings. The summed E-state index contributed by atoms with van der Waals surface area (Å²) >= 11 is 0. The standard InChI is InChI=1S/C16H20N2O2/c17-11-13(12-6-2-1-3-7-12)18-14(19)10-16(15(18)20)8-4-5-9-16/h1-3,6-7,13H,4-5,8-11,17H2. The van der Waals surface area contributed by atoms with Gasteiger partial charge in [0.2, 0.25) is 11.8 Å². The molecular formula is C16H20N2O2. The molecule has 20 heavy (non-hydrogen) atoms. The van der Waals surface area contributed by atoms with Gasteiger partial charge in [0.25, 0.3) is 0 Å². The molecule has 1 unspecified atom stereocenters. The van der Waals surface area contributed by atoms with Crippen LogP contribution in [0, 0.1) is 5.41 Å². The second-order valence-electron chi connectivity index (χ2n) is 5.90. The average Bonchev–Trinajstić information content (AvgIpc) is 3.02. The van der Waals surface area contributed by atoms with Crippen LogP contribution in [0.4, 0.5) is 0 Å². The first kappa shape index (κ1) is 13.3. The van der Waals surface area contributed by atoms with Crippen molar-refractivity contribution in [3.05, 3.63) is 35.9 Å². The minimum absolute atomic E-state index is 0.000645. The van der Waals surface area contributed by atoms with E-state index in [0.29, 0.717) is 6.42 Å². The van der Waals surface area contributed by atoms with E-state index in [2.05, 4.69) is 0 Å². The summed E-state index contributed by atoms with van der Waals surface area (Å²) in [6.07, 6.45) is 4.16. The summed E-state index contributed by atoms with van der Waals surface area (Å²) in [7, 11) is 0. The van der Waals surface area contributed by atoms with Gasteiger partial charge in [-0.2, -0.15) is 0 Å². The maximum Gasteiger partial charge on any atom is 0.236 e. The second kappa shape index (κ2) is 5.02. The van der Waals surface area contributed by atoms with Crippen LogP contribution in [0.15, 0.2) is 30.3 Å². The van der Waals surface area contributed by atoms with Crippen LogP contribution in [0.3, 0.4) is 0 Å². The summed E-state index contributed by atoms with van der Waals surface area (Å²) in [6.45, 7) is 0.275. The van der Waals surface area contributed by atoms with Gasteiger partial charge < -0.3 is 5.73 Å². The first-order valence-electron chi connectivity index (χ1n) is 7.29. The molecule has 4 nitrogen and oxygen atoms in total. The third-order valence-corrected chi connectivity index (χ3v) is 4.71. The minimum Gasteiger partial charge on any atom is -0.328 e. The van der Waals surface area contributed by atoms with Crippen LogP contribution in [0.1, 0.15) is 43.7 Å². The number of hydrogen-bond acceptors (Lipinski definition) is 3. The fourth-order valence-electron chi connectivity index (χ4n) is 3.64. The minimum atomic E-state index is -0.417. The van der Waals surface area contributed by atoms with Crippen LogP contribution >= 0.6 is 0 Å². The molecule has 1 atom stereocenters. The summed E-state index contributed by atoms with van der Waals surface area (Å²) in [5.74, 6) is -0.0597. The van der Waals surface area contributed by atoms with E-state index < -0.39 is 5.41 Å². The van der Waals surface area contributed by atoms with E-state index in [4.69, 9.17) is 5.73 Å². The summed E-state index contributed by atoms with van der Waals surface area (Å²) in [6, 6.07) is 9.28. The fraction of sp³-hybridized carbons (Fsp3) is 0.500. The van der Waals surface area contributed by atoms with Gasteiger partial charge >= 0.3 is 0 Å². The molecule has 1 aliphatic carbocycles. The predicted octanol–water partition coefficient (Wildman–Crippen LogP) is 2.01. The number of imide groups is 1.